The lowest BCUT2D eigenvalue weighted by Crippen LogP contribution is -2.44. The summed E-state index contributed by atoms with van der Waals surface area (Å²) in [7, 11) is 30.7. The molecule has 300 valence electrons. The number of hydrogen-bond donors (Lipinski definition) is 0. The van der Waals surface area contributed by atoms with Crippen LogP contribution in [0.5, 0.6) is 0 Å². The highest BCUT2D eigenvalue weighted by Crippen LogP contribution is 2.11. The summed E-state index contributed by atoms with van der Waals surface area (Å²) in [5.41, 5.74) is 0. The molecule has 0 fully saturated rings. The average molecular weight is 694 g/mol. The van der Waals surface area contributed by atoms with Crippen molar-refractivity contribution in [2.24, 2.45) is 11.8 Å². The zero-order valence-electron chi connectivity index (χ0n) is 39.2. The first kappa shape index (κ1) is 59.9. The van der Waals surface area contributed by atoms with Gasteiger partial charge in [0, 0.05) is 18.5 Å². The molecule has 0 saturated heterocycles. The SMILES string of the molecule is CCC(CC)CN(C)C.CCC(CC)C[N+](C)(C)C.CCC(CC)N(C)C.CCC(CC)[N+](C)(C)C.CCN(C)C.CC[N+](C)(C)CC. The van der Waals surface area contributed by atoms with Crippen LogP contribution in [0.1, 0.15) is 128 Å². The first-order chi connectivity index (χ1) is 21.8. The van der Waals surface area contributed by atoms with Crippen molar-refractivity contribution in [2.75, 3.05) is 131 Å². The predicted molar refractivity (Wildman–Crippen MR) is 227 cm³/mol. The molecule has 48 heavy (non-hydrogen) atoms. The van der Waals surface area contributed by atoms with Crippen LogP contribution in [-0.4, -0.2) is 172 Å². The molecular weight excluding hydrogens is 589 g/mol. The molecule has 0 aliphatic rings. The first-order valence-electron chi connectivity index (χ1n) is 20.2. The van der Waals surface area contributed by atoms with E-state index in [2.05, 4.69) is 190 Å². The second-order valence-electron chi connectivity index (χ2n) is 17.1. The lowest BCUT2D eigenvalue weighted by Gasteiger charge is -2.32. The van der Waals surface area contributed by atoms with Crippen molar-refractivity contribution in [1.82, 2.24) is 14.7 Å². The Bertz CT molecular complexity index is 568. The minimum Gasteiger partial charge on any atom is -0.331 e. The Morgan fingerprint density at radius 1 is 0.438 bits per heavy atom. The molecule has 0 heterocycles. The average Bonchev–Trinajstić information content (AvgIpc) is 3.00. The molecule has 0 aromatic heterocycles. The summed E-state index contributed by atoms with van der Waals surface area (Å²) in [6.07, 6.45) is 10.4. The van der Waals surface area contributed by atoms with Crippen LogP contribution >= 0.6 is 0 Å². The van der Waals surface area contributed by atoms with Gasteiger partial charge in [-0.05, 0) is 107 Å². The quantitative estimate of drug-likeness (QED) is 0.141. The smallest absolute Gasteiger partial charge is 0.0878 e. The Hall–Kier alpha value is -0.240. The van der Waals surface area contributed by atoms with Crippen LogP contribution in [0.25, 0.3) is 0 Å². The molecule has 0 aliphatic carbocycles. The van der Waals surface area contributed by atoms with Gasteiger partial charge in [0.1, 0.15) is 0 Å². The van der Waals surface area contributed by atoms with Crippen LogP contribution < -0.4 is 0 Å². The summed E-state index contributed by atoms with van der Waals surface area (Å²) in [6.45, 7) is 30.8. The molecule has 0 saturated carbocycles. The fourth-order valence-corrected chi connectivity index (χ4v) is 5.01. The summed E-state index contributed by atoms with van der Waals surface area (Å²) in [5, 5.41) is 0. The third kappa shape index (κ3) is 50.1. The number of quaternary nitrogens is 3. The number of nitrogens with zero attached hydrogens (tertiary/aromatic N) is 6. The van der Waals surface area contributed by atoms with Gasteiger partial charge in [-0.1, -0.05) is 75.2 Å². The highest BCUT2D eigenvalue weighted by Gasteiger charge is 2.18. The molecule has 0 aromatic rings. The van der Waals surface area contributed by atoms with E-state index in [1.807, 2.05) is 0 Å². The van der Waals surface area contributed by atoms with Crippen LogP contribution in [-0.2, 0) is 0 Å². The molecule has 0 unspecified atom stereocenters. The van der Waals surface area contributed by atoms with Crippen LogP contribution in [0.2, 0.25) is 0 Å². The molecule has 0 amide bonds. The lowest BCUT2D eigenvalue weighted by atomic mass is 10.0. The second-order valence-corrected chi connectivity index (χ2v) is 17.1. The van der Waals surface area contributed by atoms with Gasteiger partial charge >= 0.3 is 0 Å². The Morgan fingerprint density at radius 3 is 0.812 bits per heavy atom. The van der Waals surface area contributed by atoms with Gasteiger partial charge in [0.05, 0.1) is 82.1 Å². The van der Waals surface area contributed by atoms with E-state index in [4.69, 9.17) is 0 Å². The molecule has 0 rings (SSSR count). The van der Waals surface area contributed by atoms with E-state index in [1.54, 1.807) is 0 Å². The molecule has 0 aliphatic heterocycles. The molecular formula is C42H105N6+3. The largest absolute Gasteiger partial charge is 0.331 e. The third-order valence-electron chi connectivity index (χ3n) is 9.79. The molecule has 0 aromatic carbocycles. The minimum absolute atomic E-state index is 0.787. The van der Waals surface area contributed by atoms with E-state index in [0.717, 1.165) is 43.9 Å². The van der Waals surface area contributed by atoms with Gasteiger partial charge in [-0.3, -0.25) is 0 Å². The topological polar surface area (TPSA) is 9.72 Å². The van der Waals surface area contributed by atoms with E-state index in [0.29, 0.717) is 0 Å². The normalized spacial score (nSPS) is 11.8. The summed E-state index contributed by atoms with van der Waals surface area (Å²) in [5.74, 6) is 1.82. The number of rotatable bonds is 17. The van der Waals surface area contributed by atoms with E-state index in [9.17, 15) is 0 Å². The lowest BCUT2D eigenvalue weighted by molar-refractivity contribution is -0.896. The maximum atomic E-state index is 2.28. The predicted octanol–water partition coefficient (Wildman–Crippen LogP) is 9.40. The van der Waals surface area contributed by atoms with Gasteiger partial charge in [-0.15, -0.1) is 0 Å². The number of hydrogen-bond acceptors (Lipinski definition) is 3. The van der Waals surface area contributed by atoms with Gasteiger partial charge < -0.3 is 28.1 Å². The molecule has 0 N–H and O–H groups in total. The van der Waals surface area contributed by atoms with E-state index >= 15 is 0 Å². The van der Waals surface area contributed by atoms with Gasteiger partial charge in [-0.2, -0.15) is 0 Å². The zero-order valence-corrected chi connectivity index (χ0v) is 39.2. The summed E-state index contributed by atoms with van der Waals surface area (Å²) < 4.78 is 3.35. The van der Waals surface area contributed by atoms with Crippen molar-refractivity contribution in [3.05, 3.63) is 0 Å². The molecule has 0 bridgehead atoms. The van der Waals surface area contributed by atoms with Crippen molar-refractivity contribution in [3.8, 4) is 0 Å². The van der Waals surface area contributed by atoms with Crippen molar-refractivity contribution >= 4 is 0 Å². The van der Waals surface area contributed by atoms with Gasteiger partial charge in [0.15, 0.2) is 0 Å². The minimum atomic E-state index is 0.787. The van der Waals surface area contributed by atoms with Crippen molar-refractivity contribution in [1.29, 1.82) is 0 Å². The molecule has 0 atom stereocenters. The van der Waals surface area contributed by atoms with Gasteiger partial charge in [-0.25, -0.2) is 0 Å². The zero-order chi connectivity index (χ0) is 39.7. The summed E-state index contributed by atoms with van der Waals surface area (Å²) in [6, 6.07) is 1.62. The van der Waals surface area contributed by atoms with Crippen LogP contribution in [0.15, 0.2) is 0 Å². The molecule has 0 spiro atoms. The van der Waals surface area contributed by atoms with Crippen LogP contribution in [0.4, 0.5) is 0 Å². The van der Waals surface area contributed by atoms with E-state index in [1.165, 1.54) is 77.5 Å². The highest BCUT2D eigenvalue weighted by atomic mass is 15.3. The fourth-order valence-electron chi connectivity index (χ4n) is 5.01. The van der Waals surface area contributed by atoms with Crippen molar-refractivity contribution < 1.29 is 13.4 Å². The first-order valence-corrected chi connectivity index (χ1v) is 20.2. The van der Waals surface area contributed by atoms with Gasteiger partial charge in [0.25, 0.3) is 0 Å². The maximum Gasteiger partial charge on any atom is 0.0878 e. The standard InChI is InChI=1S/C9H22N.C8H20N.C8H19N.C7H17N.C6H16N.C4H11N/c1-6-9(7-2)8-10(3,4)5;1-6-8(7-2)9(3,4)5;1-5-8(6-2)7-9(3)4;1-5-7(6-2)8(3)4;1-5-7(3,4)6-2;1-4-5(2)3/h9H,6-8H2,1-5H3;8H,6-7H2,1-5H3;8H,5-7H2,1-4H3;7H,5-6H2,1-4H3;5-6H2,1-4H3;4H2,1-3H3/q2*+1;;;+1;. The monoisotopic (exact) mass is 694 g/mol. The molecule has 0 radical (unpaired) electrons. The molecule has 6 nitrogen and oxygen atoms in total. The highest BCUT2D eigenvalue weighted by molar-refractivity contribution is 4.59. The Labute approximate surface area is 310 Å². The maximum absolute atomic E-state index is 2.28. The van der Waals surface area contributed by atoms with E-state index < -0.39 is 0 Å². The Balaban J connectivity index is -0.000000111. The van der Waals surface area contributed by atoms with Crippen LogP contribution in [0.3, 0.4) is 0 Å². The summed E-state index contributed by atoms with van der Waals surface area (Å²) in [4.78, 5) is 6.66. The third-order valence-corrected chi connectivity index (χ3v) is 9.79. The Morgan fingerprint density at radius 2 is 0.771 bits per heavy atom. The van der Waals surface area contributed by atoms with E-state index in [-0.39, 0.29) is 0 Å². The summed E-state index contributed by atoms with van der Waals surface area (Å²) >= 11 is 0. The fraction of sp³-hybridized carbons (Fsp3) is 1.00. The van der Waals surface area contributed by atoms with Crippen molar-refractivity contribution in [3.63, 3.8) is 0 Å². The van der Waals surface area contributed by atoms with Gasteiger partial charge in [0.2, 0.25) is 0 Å². The van der Waals surface area contributed by atoms with Crippen LogP contribution in [0, 0.1) is 11.8 Å². The Kier molecular flexibility index (Phi) is 45.6. The van der Waals surface area contributed by atoms with Crippen molar-refractivity contribution in [2.45, 2.75) is 140 Å². The second kappa shape index (κ2) is 36.5. The molecule has 6 heteroatoms.